The Morgan fingerprint density at radius 2 is 2.43 bits per heavy atom. The van der Waals surface area contributed by atoms with Crippen molar-refractivity contribution in [3.8, 4) is 0 Å². The summed E-state index contributed by atoms with van der Waals surface area (Å²) in [5.41, 5.74) is 1.04. The third-order valence-electron chi connectivity index (χ3n) is 4.28. The fourth-order valence-electron chi connectivity index (χ4n) is 3.21. The lowest BCUT2D eigenvalue weighted by molar-refractivity contribution is -0.124. The Hall–Kier alpha value is -1.62. The lowest BCUT2D eigenvalue weighted by Crippen LogP contribution is -2.43. The Bertz CT molecular complexity index is 523. The third-order valence-corrected chi connectivity index (χ3v) is 4.28. The summed E-state index contributed by atoms with van der Waals surface area (Å²) in [6.07, 6.45) is 12.8. The molecule has 1 N–H and O–H groups in total. The number of allylic oxidation sites excluding steroid dienone is 2. The largest absolute Gasteiger partial charge is 0.371 e. The fraction of sp³-hybridized carbons (Fsp3) is 0.625. The highest BCUT2D eigenvalue weighted by Crippen LogP contribution is 2.28. The van der Waals surface area contributed by atoms with Gasteiger partial charge in [-0.15, -0.1) is 0 Å². The number of nitrogens with zero attached hydrogens (tertiary/aromatic N) is 2. The van der Waals surface area contributed by atoms with Gasteiger partial charge in [-0.25, -0.2) is 0 Å². The summed E-state index contributed by atoms with van der Waals surface area (Å²) < 4.78 is 7.65. The van der Waals surface area contributed by atoms with Crippen LogP contribution in [0.5, 0.6) is 0 Å². The fourth-order valence-corrected chi connectivity index (χ4v) is 3.21. The minimum absolute atomic E-state index is 0.0563. The van der Waals surface area contributed by atoms with E-state index in [1.165, 1.54) is 0 Å². The van der Waals surface area contributed by atoms with Gasteiger partial charge >= 0.3 is 0 Å². The molecular weight excluding hydrogens is 266 g/mol. The van der Waals surface area contributed by atoms with Crippen LogP contribution in [-0.2, 0) is 16.6 Å². The summed E-state index contributed by atoms with van der Waals surface area (Å²) in [7, 11) is 1.90. The van der Waals surface area contributed by atoms with Gasteiger partial charge in [0.1, 0.15) is 6.10 Å². The van der Waals surface area contributed by atoms with Gasteiger partial charge in [0, 0.05) is 31.8 Å². The molecule has 1 aliphatic carbocycles. The summed E-state index contributed by atoms with van der Waals surface area (Å²) in [6, 6.07) is 0.0563. The lowest BCUT2D eigenvalue weighted by Gasteiger charge is -2.32. The van der Waals surface area contributed by atoms with Crippen molar-refractivity contribution in [2.24, 2.45) is 13.0 Å². The number of hydrogen-bond donors (Lipinski definition) is 1. The molecule has 1 aromatic heterocycles. The van der Waals surface area contributed by atoms with Crippen molar-refractivity contribution in [2.45, 2.75) is 44.2 Å². The van der Waals surface area contributed by atoms with E-state index < -0.39 is 0 Å². The van der Waals surface area contributed by atoms with E-state index in [0.29, 0.717) is 12.3 Å². The topological polar surface area (TPSA) is 56.1 Å². The van der Waals surface area contributed by atoms with E-state index in [1.807, 2.05) is 19.4 Å². The molecule has 5 heteroatoms. The molecule has 21 heavy (non-hydrogen) atoms. The van der Waals surface area contributed by atoms with Gasteiger partial charge in [0.25, 0.3) is 0 Å². The van der Waals surface area contributed by atoms with Crippen molar-refractivity contribution >= 4 is 5.91 Å². The first-order chi connectivity index (χ1) is 10.2. The summed E-state index contributed by atoms with van der Waals surface area (Å²) >= 11 is 0. The van der Waals surface area contributed by atoms with E-state index in [9.17, 15) is 4.79 Å². The number of amides is 1. The second-order valence-electron chi connectivity index (χ2n) is 6.02. The van der Waals surface area contributed by atoms with Gasteiger partial charge in [-0.1, -0.05) is 12.2 Å². The van der Waals surface area contributed by atoms with Gasteiger partial charge in [-0.05, 0) is 31.6 Å². The molecule has 2 heterocycles. The number of hydrogen-bond acceptors (Lipinski definition) is 3. The zero-order valence-electron chi connectivity index (χ0n) is 12.5. The molecule has 114 valence electrons. The first-order valence-corrected chi connectivity index (χ1v) is 7.78. The number of carbonyl (C=O) groups excluding carboxylic acids is 1. The van der Waals surface area contributed by atoms with Gasteiger partial charge in [0.2, 0.25) is 5.91 Å². The van der Waals surface area contributed by atoms with Gasteiger partial charge < -0.3 is 10.1 Å². The van der Waals surface area contributed by atoms with E-state index >= 15 is 0 Å². The number of aromatic nitrogens is 2. The maximum Gasteiger partial charge on any atom is 0.220 e. The van der Waals surface area contributed by atoms with E-state index in [1.54, 1.807) is 4.68 Å². The Kier molecular flexibility index (Phi) is 4.39. The predicted molar refractivity (Wildman–Crippen MR) is 79.5 cm³/mol. The molecule has 1 saturated heterocycles. The average Bonchev–Trinajstić information content (AvgIpc) is 3.11. The molecule has 0 unspecified atom stereocenters. The number of ether oxygens (including phenoxy) is 1. The summed E-state index contributed by atoms with van der Waals surface area (Å²) in [6.45, 7) is 0.747. The van der Waals surface area contributed by atoms with Gasteiger partial charge in [-0.3, -0.25) is 9.48 Å². The Morgan fingerprint density at radius 3 is 3.14 bits per heavy atom. The van der Waals surface area contributed by atoms with E-state index in [4.69, 9.17) is 4.74 Å². The highest BCUT2D eigenvalue weighted by molar-refractivity contribution is 5.76. The highest BCUT2D eigenvalue weighted by Gasteiger charge is 2.30. The Balaban J connectivity index is 1.61. The van der Waals surface area contributed by atoms with Crippen molar-refractivity contribution in [1.29, 1.82) is 0 Å². The van der Waals surface area contributed by atoms with Gasteiger partial charge in [-0.2, -0.15) is 5.10 Å². The third kappa shape index (κ3) is 3.53. The van der Waals surface area contributed by atoms with Crippen LogP contribution in [0.25, 0.3) is 0 Å². The minimum atomic E-state index is -0.0736. The van der Waals surface area contributed by atoms with Crippen LogP contribution in [0.4, 0.5) is 0 Å². The quantitative estimate of drug-likeness (QED) is 0.864. The summed E-state index contributed by atoms with van der Waals surface area (Å²) in [4.78, 5) is 12.2. The molecule has 0 aromatic carbocycles. The molecule has 3 atom stereocenters. The standard InChI is InChI=1S/C16H23N3O2/c1-19-11-13(10-17-19)16-14(7-4-8-21-16)18-15(20)9-12-5-2-3-6-12/h2,5,10-12,14,16H,3-4,6-9H2,1H3,(H,18,20)/t12-,14+,16-/m1/s1. The molecule has 2 aliphatic rings. The smallest absolute Gasteiger partial charge is 0.220 e. The van der Waals surface area contributed by atoms with Crippen LogP contribution in [0.1, 0.15) is 43.8 Å². The molecule has 0 radical (unpaired) electrons. The number of aryl methyl sites for hydroxylation is 1. The SMILES string of the molecule is Cn1cc([C@H]2OCCC[C@@H]2NC(=O)C[C@@H]2C=CCC2)cn1. The van der Waals surface area contributed by atoms with Crippen LogP contribution in [0.2, 0.25) is 0 Å². The first-order valence-electron chi connectivity index (χ1n) is 7.78. The average molecular weight is 289 g/mol. The van der Waals surface area contributed by atoms with Crippen molar-refractivity contribution in [3.05, 3.63) is 30.1 Å². The zero-order valence-corrected chi connectivity index (χ0v) is 12.5. The molecule has 1 fully saturated rings. The van der Waals surface area contributed by atoms with Crippen LogP contribution in [-0.4, -0.2) is 28.3 Å². The molecule has 0 bridgehead atoms. The molecule has 5 nitrogen and oxygen atoms in total. The second-order valence-corrected chi connectivity index (χ2v) is 6.02. The van der Waals surface area contributed by atoms with E-state index in [-0.39, 0.29) is 18.1 Å². The lowest BCUT2D eigenvalue weighted by atomic mass is 9.97. The molecule has 1 amide bonds. The van der Waals surface area contributed by atoms with E-state index in [0.717, 1.165) is 37.9 Å². The Labute approximate surface area is 125 Å². The van der Waals surface area contributed by atoms with Crippen LogP contribution in [0.3, 0.4) is 0 Å². The normalized spacial score (nSPS) is 28.7. The van der Waals surface area contributed by atoms with E-state index in [2.05, 4.69) is 22.6 Å². The summed E-state index contributed by atoms with van der Waals surface area (Å²) in [5.74, 6) is 0.544. The van der Waals surface area contributed by atoms with Crippen LogP contribution < -0.4 is 5.32 Å². The number of carbonyl (C=O) groups is 1. The van der Waals surface area contributed by atoms with Gasteiger partial charge in [0.05, 0.1) is 12.2 Å². The predicted octanol–water partition coefficient (Wildman–Crippen LogP) is 2.11. The maximum atomic E-state index is 12.2. The van der Waals surface area contributed by atoms with Crippen molar-refractivity contribution in [3.63, 3.8) is 0 Å². The van der Waals surface area contributed by atoms with Crippen molar-refractivity contribution < 1.29 is 9.53 Å². The molecule has 0 saturated carbocycles. The number of nitrogens with one attached hydrogen (secondary N) is 1. The molecule has 1 aromatic rings. The molecule has 0 spiro atoms. The minimum Gasteiger partial charge on any atom is -0.371 e. The second kappa shape index (κ2) is 6.43. The van der Waals surface area contributed by atoms with Crippen LogP contribution in [0.15, 0.2) is 24.5 Å². The van der Waals surface area contributed by atoms with Gasteiger partial charge in [0.15, 0.2) is 0 Å². The molecule has 3 rings (SSSR count). The highest BCUT2D eigenvalue weighted by atomic mass is 16.5. The monoisotopic (exact) mass is 289 g/mol. The molecular formula is C16H23N3O2. The Morgan fingerprint density at radius 1 is 1.52 bits per heavy atom. The maximum absolute atomic E-state index is 12.2. The zero-order chi connectivity index (χ0) is 14.7. The number of rotatable bonds is 4. The molecule has 1 aliphatic heterocycles. The van der Waals surface area contributed by atoms with Crippen molar-refractivity contribution in [1.82, 2.24) is 15.1 Å². The first kappa shape index (κ1) is 14.3. The van der Waals surface area contributed by atoms with Crippen LogP contribution >= 0.6 is 0 Å². The van der Waals surface area contributed by atoms with Crippen molar-refractivity contribution in [2.75, 3.05) is 6.61 Å². The van der Waals surface area contributed by atoms with Crippen LogP contribution in [0, 0.1) is 5.92 Å². The summed E-state index contributed by atoms with van der Waals surface area (Å²) in [5, 5.41) is 7.37.